The summed E-state index contributed by atoms with van der Waals surface area (Å²) in [4.78, 5) is 13.1. The molecule has 0 saturated heterocycles. The Labute approximate surface area is 99.8 Å². The van der Waals surface area contributed by atoms with Crippen molar-refractivity contribution in [2.45, 2.75) is 17.2 Å². The van der Waals surface area contributed by atoms with Gasteiger partial charge in [-0.1, -0.05) is 18.2 Å². The van der Waals surface area contributed by atoms with Gasteiger partial charge in [0.2, 0.25) is 5.91 Å². The minimum Gasteiger partial charge on any atom is -0.355 e. The lowest BCUT2D eigenvalue weighted by molar-refractivity contribution is -0.122. The van der Waals surface area contributed by atoms with Crippen molar-refractivity contribution in [2.24, 2.45) is 0 Å². The highest BCUT2D eigenvalue weighted by Crippen LogP contribution is 2.39. The number of carbonyl (C=O) groups is 1. The normalized spacial score (nSPS) is 17.6. The molecule has 2 rings (SSSR count). The number of amides is 1. The van der Waals surface area contributed by atoms with E-state index in [0.29, 0.717) is 13.0 Å². The van der Waals surface area contributed by atoms with E-state index < -0.39 is 0 Å². The Balaban J connectivity index is 2.02. The van der Waals surface area contributed by atoms with Gasteiger partial charge in [-0.05, 0) is 11.6 Å². The molecule has 2 nitrogen and oxygen atoms in total. The summed E-state index contributed by atoms with van der Waals surface area (Å²) < 4.78 is 0. The second-order valence-electron chi connectivity index (χ2n) is 3.65. The van der Waals surface area contributed by atoms with Crippen molar-refractivity contribution in [2.75, 3.05) is 12.3 Å². The van der Waals surface area contributed by atoms with Gasteiger partial charge in [-0.25, -0.2) is 0 Å². The van der Waals surface area contributed by atoms with Crippen molar-refractivity contribution < 1.29 is 4.79 Å². The zero-order valence-electron chi connectivity index (χ0n) is 8.90. The first-order valence-electron chi connectivity index (χ1n) is 5.26. The number of hydrogen-bond acceptors (Lipinski definition) is 2. The fourth-order valence-corrected chi connectivity index (χ4v) is 2.99. The van der Waals surface area contributed by atoms with Crippen LogP contribution in [-0.2, 0) is 4.79 Å². The lowest BCUT2D eigenvalue weighted by Gasteiger charge is -2.10. The van der Waals surface area contributed by atoms with Gasteiger partial charge in [0.05, 0.1) is 5.92 Å². The molecule has 3 heteroatoms. The second kappa shape index (κ2) is 5.09. The van der Waals surface area contributed by atoms with Crippen molar-refractivity contribution in [3.05, 3.63) is 29.8 Å². The minimum atomic E-state index is -0.0148. The van der Waals surface area contributed by atoms with Gasteiger partial charge in [0.15, 0.2) is 0 Å². The molecule has 16 heavy (non-hydrogen) atoms. The van der Waals surface area contributed by atoms with Gasteiger partial charge in [-0.2, -0.15) is 0 Å². The van der Waals surface area contributed by atoms with Crippen LogP contribution in [0.15, 0.2) is 29.2 Å². The predicted octanol–water partition coefficient (Wildman–Crippen LogP) is 2.02. The van der Waals surface area contributed by atoms with E-state index in [0.717, 1.165) is 11.3 Å². The van der Waals surface area contributed by atoms with Crippen LogP contribution in [0.2, 0.25) is 0 Å². The van der Waals surface area contributed by atoms with Crippen LogP contribution in [0.3, 0.4) is 0 Å². The third kappa shape index (κ3) is 2.23. The summed E-state index contributed by atoms with van der Waals surface area (Å²) in [7, 11) is 0. The van der Waals surface area contributed by atoms with Gasteiger partial charge < -0.3 is 5.32 Å². The van der Waals surface area contributed by atoms with Crippen LogP contribution >= 0.6 is 11.8 Å². The molecule has 1 aliphatic rings. The fraction of sp³-hybridized carbons (Fsp3) is 0.308. The van der Waals surface area contributed by atoms with E-state index in [4.69, 9.17) is 6.42 Å². The number of hydrogen-bond donors (Lipinski definition) is 1. The van der Waals surface area contributed by atoms with Crippen molar-refractivity contribution in [3.8, 4) is 12.3 Å². The molecular weight excluding hydrogens is 218 g/mol. The summed E-state index contributed by atoms with van der Waals surface area (Å²) in [5, 5.41) is 2.87. The van der Waals surface area contributed by atoms with Crippen molar-refractivity contribution in [1.29, 1.82) is 0 Å². The number of thioether (sulfide) groups is 1. The highest BCUT2D eigenvalue weighted by Gasteiger charge is 2.28. The predicted molar refractivity (Wildman–Crippen MR) is 66.4 cm³/mol. The SMILES string of the molecule is C#CCCNC(=O)C1CSc2ccccc21. The molecular formula is C13H13NOS. The first-order valence-corrected chi connectivity index (χ1v) is 6.24. The largest absolute Gasteiger partial charge is 0.355 e. The molecule has 1 aliphatic heterocycles. The fourth-order valence-electron chi connectivity index (χ4n) is 1.76. The molecule has 1 amide bonds. The molecule has 1 atom stereocenters. The second-order valence-corrected chi connectivity index (χ2v) is 4.71. The van der Waals surface area contributed by atoms with Gasteiger partial charge in [-0.15, -0.1) is 24.1 Å². The summed E-state index contributed by atoms with van der Waals surface area (Å²) in [5.74, 6) is 3.42. The van der Waals surface area contributed by atoms with Crippen LogP contribution in [0, 0.1) is 12.3 Å². The standard InChI is InChI=1S/C13H13NOS/c1-2-3-8-14-13(15)11-9-16-12-7-5-4-6-10(11)12/h1,4-7,11H,3,8-9H2,(H,14,15). The topological polar surface area (TPSA) is 29.1 Å². The molecule has 0 saturated carbocycles. The third-order valence-corrected chi connectivity index (χ3v) is 3.77. The molecule has 0 aliphatic carbocycles. The van der Waals surface area contributed by atoms with Crippen LogP contribution in [0.25, 0.3) is 0 Å². The number of benzene rings is 1. The first-order chi connectivity index (χ1) is 7.83. The van der Waals surface area contributed by atoms with E-state index in [1.54, 1.807) is 11.8 Å². The maximum absolute atomic E-state index is 11.9. The molecule has 1 aromatic rings. The average molecular weight is 231 g/mol. The minimum absolute atomic E-state index is 0.0148. The Morgan fingerprint density at radius 1 is 1.56 bits per heavy atom. The highest BCUT2D eigenvalue weighted by atomic mass is 32.2. The molecule has 0 bridgehead atoms. The van der Waals surface area contributed by atoms with Gasteiger partial charge in [-0.3, -0.25) is 4.79 Å². The Morgan fingerprint density at radius 3 is 3.19 bits per heavy atom. The third-order valence-electron chi connectivity index (χ3n) is 2.58. The van der Waals surface area contributed by atoms with Crippen LogP contribution in [-0.4, -0.2) is 18.2 Å². The summed E-state index contributed by atoms with van der Waals surface area (Å²) >= 11 is 1.74. The summed E-state index contributed by atoms with van der Waals surface area (Å²) in [6.07, 6.45) is 5.73. The molecule has 1 unspecified atom stereocenters. The molecule has 0 spiro atoms. The Kier molecular flexibility index (Phi) is 3.53. The maximum atomic E-state index is 11.9. The van der Waals surface area contributed by atoms with Crippen molar-refractivity contribution in [3.63, 3.8) is 0 Å². The Bertz CT molecular complexity index is 436. The number of nitrogens with one attached hydrogen (secondary N) is 1. The zero-order chi connectivity index (χ0) is 11.4. The van der Waals surface area contributed by atoms with E-state index in [1.165, 1.54) is 4.90 Å². The van der Waals surface area contributed by atoms with E-state index in [9.17, 15) is 4.79 Å². The summed E-state index contributed by atoms with van der Waals surface area (Å²) in [6, 6.07) is 8.08. The lowest BCUT2D eigenvalue weighted by Crippen LogP contribution is -2.30. The highest BCUT2D eigenvalue weighted by molar-refractivity contribution is 7.99. The van der Waals surface area contributed by atoms with E-state index >= 15 is 0 Å². The number of rotatable bonds is 3. The van der Waals surface area contributed by atoms with Crippen LogP contribution in [0.4, 0.5) is 0 Å². The lowest BCUT2D eigenvalue weighted by atomic mass is 10.0. The molecule has 1 N–H and O–H groups in total. The van der Waals surface area contributed by atoms with Crippen LogP contribution in [0.5, 0.6) is 0 Å². The smallest absolute Gasteiger partial charge is 0.228 e. The van der Waals surface area contributed by atoms with E-state index in [-0.39, 0.29) is 11.8 Å². The molecule has 1 heterocycles. The van der Waals surface area contributed by atoms with Crippen LogP contribution in [0.1, 0.15) is 17.9 Å². The molecule has 0 aromatic heterocycles. The molecule has 1 aromatic carbocycles. The van der Waals surface area contributed by atoms with E-state index in [1.807, 2.05) is 18.2 Å². The molecule has 0 radical (unpaired) electrons. The number of carbonyl (C=O) groups excluding carboxylic acids is 1. The first kappa shape index (κ1) is 11.1. The van der Waals surface area contributed by atoms with Gasteiger partial charge in [0, 0.05) is 23.6 Å². The summed E-state index contributed by atoms with van der Waals surface area (Å²) in [6.45, 7) is 0.568. The van der Waals surface area contributed by atoms with Gasteiger partial charge in [0.25, 0.3) is 0 Å². The quantitative estimate of drug-likeness (QED) is 0.637. The van der Waals surface area contributed by atoms with Crippen molar-refractivity contribution in [1.82, 2.24) is 5.32 Å². The molecule has 0 fully saturated rings. The van der Waals surface area contributed by atoms with Crippen molar-refractivity contribution >= 4 is 17.7 Å². The summed E-state index contributed by atoms with van der Waals surface area (Å²) in [5.41, 5.74) is 1.14. The van der Waals surface area contributed by atoms with Gasteiger partial charge >= 0.3 is 0 Å². The number of fused-ring (bicyclic) bond motifs is 1. The Morgan fingerprint density at radius 2 is 2.38 bits per heavy atom. The average Bonchev–Trinajstić information content (AvgIpc) is 2.73. The molecule has 82 valence electrons. The number of terminal acetylenes is 1. The Hall–Kier alpha value is -1.40. The monoisotopic (exact) mass is 231 g/mol. The van der Waals surface area contributed by atoms with E-state index in [2.05, 4.69) is 17.3 Å². The zero-order valence-corrected chi connectivity index (χ0v) is 9.72. The van der Waals surface area contributed by atoms with Gasteiger partial charge in [0.1, 0.15) is 0 Å². The maximum Gasteiger partial charge on any atom is 0.228 e. The van der Waals surface area contributed by atoms with Crippen LogP contribution < -0.4 is 5.32 Å².